The van der Waals surface area contributed by atoms with Gasteiger partial charge in [-0.05, 0) is 29.8 Å². The van der Waals surface area contributed by atoms with E-state index in [9.17, 15) is 18.8 Å². The molecule has 1 aliphatic rings. The molecule has 1 heterocycles. The van der Waals surface area contributed by atoms with Gasteiger partial charge in [0.25, 0.3) is 11.8 Å². The minimum absolute atomic E-state index is 0.0355. The second-order valence-corrected chi connectivity index (χ2v) is 7.56. The minimum atomic E-state index is -1.17. The van der Waals surface area contributed by atoms with Gasteiger partial charge in [-0.15, -0.1) is 11.8 Å². The Labute approximate surface area is 174 Å². The lowest BCUT2D eigenvalue weighted by molar-refractivity contribution is -0.125. The smallest absolute Gasteiger partial charge is 0.405 e. The number of fused-ring (bicyclic) bond motifs is 1. The van der Waals surface area contributed by atoms with Crippen LogP contribution in [0.4, 0.5) is 14.9 Å². The highest BCUT2D eigenvalue weighted by atomic mass is 35.5. The Bertz CT molecular complexity index is 973. The number of amides is 3. The molecule has 8 nitrogen and oxygen atoms in total. The number of hydrazine groups is 1. The molecule has 0 saturated carbocycles. The van der Waals surface area contributed by atoms with Gasteiger partial charge in [0.05, 0.1) is 17.8 Å². The second kappa shape index (κ2) is 8.68. The first kappa shape index (κ1) is 20.9. The molecule has 1 atom stereocenters. The summed E-state index contributed by atoms with van der Waals surface area (Å²) >= 11 is 7.01. The highest BCUT2D eigenvalue weighted by Crippen LogP contribution is 2.38. The van der Waals surface area contributed by atoms with Crippen molar-refractivity contribution >= 4 is 47.0 Å². The predicted molar refractivity (Wildman–Crippen MR) is 106 cm³/mol. The summed E-state index contributed by atoms with van der Waals surface area (Å²) in [4.78, 5) is 37.9. The summed E-state index contributed by atoms with van der Waals surface area (Å²) in [6.45, 7) is 0.0670. The number of ether oxygens (including phenoxy) is 1. The maximum Gasteiger partial charge on any atom is 0.405 e. The Morgan fingerprint density at radius 1 is 1.31 bits per heavy atom. The van der Waals surface area contributed by atoms with E-state index in [4.69, 9.17) is 27.9 Å². The highest BCUT2D eigenvalue weighted by molar-refractivity contribution is 7.99. The van der Waals surface area contributed by atoms with Gasteiger partial charge in [0, 0.05) is 15.7 Å². The van der Waals surface area contributed by atoms with Crippen LogP contribution in [0, 0.1) is 5.82 Å². The molecule has 29 heavy (non-hydrogen) atoms. The van der Waals surface area contributed by atoms with Crippen LogP contribution in [0.3, 0.4) is 0 Å². The molecule has 0 bridgehead atoms. The first-order chi connectivity index (χ1) is 13.8. The fourth-order valence-electron chi connectivity index (χ4n) is 2.81. The Balaban J connectivity index is 2.08. The number of nitrogens with two attached hydrogens (primary N) is 2. The van der Waals surface area contributed by atoms with Crippen LogP contribution in [0.25, 0.3) is 0 Å². The van der Waals surface area contributed by atoms with E-state index in [1.807, 2.05) is 5.43 Å². The lowest BCUT2D eigenvalue weighted by Gasteiger charge is -2.25. The monoisotopic (exact) mass is 438 g/mol. The second-order valence-electron chi connectivity index (χ2n) is 6.06. The lowest BCUT2D eigenvalue weighted by atomic mass is 10.1. The van der Waals surface area contributed by atoms with Gasteiger partial charge in [-0.3, -0.25) is 15.0 Å². The Morgan fingerprint density at radius 3 is 2.62 bits per heavy atom. The maximum atomic E-state index is 14.4. The molecular formula is C18H16ClFN4O4S. The molecule has 0 spiro atoms. The van der Waals surface area contributed by atoms with E-state index in [-0.39, 0.29) is 23.5 Å². The van der Waals surface area contributed by atoms with E-state index < -0.39 is 29.8 Å². The topological polar surface area (TPSA) is 128 Å². The molecule has 0 unspecified atom stereocenters. The SMILES string of the molecule is NNC(=O)c1cc2c(cc1F)SC[C@H](OC(N)=O)C(=O)N2Cc1ccc(Cl)cc1. The first-order valence-electron chi connectivity index (χ1n) is 8.29. The van der Waals surface area contributed by atoms with Gasteiger partial charge < -0.3 is 15.4 Å². The quantitative estimate of drug-likeness (QED) is 0.381. The summed E-state index contributed by atoms with van der Waals surface area (Å²) in [6.07, 6.45) is -2.28. The number of hydrogen-bond acceptors (Lipinski definition) is 6. The zero-order chi connectivity index (χ0) is 21.1. The third-order valence-electron chi connectivity index (χ3n) is 4.16. The van der Waals surface area contributed by atoms with Crippen molar-refractivity contribution in [3.05, 3.63) is 58.4 Å². The van der Waals surface area contributed by atoms with Crippen molar-refractivity contribution in [1.29, 1.82) is 0 Å². The van der Waals surface area contributed by atoms with Gasteiger partial charge >= 0.3 is 6.09 Å². The van der Waals surface area contributed by atoms with Crippen molar-refractivity contribution in [3.63, 3.8) is 0 Å². The molecule has 0 fully saturated rings. The number of nitrogen functional groups attached to an aromatic ring is 1. The maximum absolute atomic E-state index is 14.4. The molecule has 0 saturated heterocycles. The van der Waals surface area contributed by atoms with Crippen molar-refractivity contribution in [2.24, 2.45) is 11.6 Å². The zero-order valence-electron chi connectivity index (χ0n) is 14.9. The van der Waals surface area contributed by atoms with Crippen molar-refractivity contribution in [1.82, 2.24) is 5.43 Å². The molecule has 3 amide bonds. The zero-order valence-corrected chi connectivity index (χ0v) is 16.4. The number of carbonyl (C=O) groups excluding carboxylic acids is 3. The van der Waals surface area contributed by atoms with Crippen LogP contribution in [0.5, 0.6) is 0 Å². The summed E-state index contributed by atoms with van der Waals surface area (Å²) in [5.74, 6) is 2.95. The molecular weight excluding hydrogens is 423 g/mol. The van der Waals surface area contributed by atoms with Crippen LogP contribution >= 0.6 is 23.4 Å². The summed E-state index contributed by atoms with van der Waals surface area (Å²) in [5.41, 5.74) is 7.63. The van der Waals surface area contributed by atoms with Gasteiger partial charge in [0.15, 0.2) is 6.10 Å². The fraction of sp³-hybridized carbons (Fsp3) is 0.167. The number of benzene rings is 2. The number of hydrogen-bond donors (Lipinski definition) is 3. The van der Waals surface area contributed by atoms with Crippen LogP contribution in [0.15, 0.2) is 41.3 Å². The third kappa shape index (κ3) is 4.61. The van der Waals surface area contributed by atoms with Crippen molar-refractivity contribution < 1.29 is 23.5 Å². The number of primary amides is 1. The molecule has 0 aliphatic carbocycles. The van der Waals surface area contributed by atoms with E-state index in [0.717, 1.165) is 17.8 Å². The number of rotatable bonds is 4. The van der Waals surface area contributed by atoms with Crippen molar-refractivity contribution in [2.75, 3.05) is 10.7 Å². The minimum Gasteiger partial charge on any atom is -0.435 e. The van der Waals surface area contributed by atoms with E-state index in [2.05, 4.69) is 0 Å². The van der Waals surface area contributed by atoms with Gasteiger partial charge in [-0.25, -0.2) is 15.0 Å². The van der Waals surface area contributed by atoms with Crippen molar-refractivity contribution in [3.8, 4) is 0 Å². The largest absolute Gasteiger partial charge is 0.435 e. The Kier molecular flexibility index (Phi) is 6.26. The van der Waals surface area contributed by atoms with Crippen LogP contribution in [-0.4, -0.2) is 29.8 Å². The number of carbonyl (C=O) groups is 3. The third-order valence-corrected chi connectivity index (χ3v) is 5.52. The summed E-state index contributed by atoms with van der Waals surface area (Å²) < 4.78 is 19.3. The van der Waals surface area contributed by atoms with E-state index in [0.29, 0.717) is 15.5 Å². The van der Waals surface area contributed by atoms with E-state index >= 15 is 0 Å². The highest BCUT2D eigenvalue weighted by Gasteiger charge is 2.34. The molecule has 0 radical (unpaired) electrons. The number of halogens is 2. The predicted octanol–water partition coefficient (Wildman–Crippen LogP) is 2.19. The average molecular weight is 439 g/mol. The summed E-state index contributed by atoms with van der Waals surface area (Å²) in [7, 11) is 0. The summed E-state index contributed by atoms with van der Waals surface area (Å²) in [6, 6.07) is 9.12. The van der Waals surface area contributed by atoms with Crippen LogP contribution < -0.4 is 21.9 Å². The number of nitrogens with zero attached hydrogens (tertiary/aromatic N) is 1. The number of thioether (sulfide) groups is 1. The number of anilines is 1. The molecule has 2 aromatic carbocycles. The van der Waals surface area contributed by atoms with Gasteiger partial charge in [0.2, 0.25) is 0 Å². The fourth-order valence-corrected chi connectivity index (χ4v) is 3.98. The van der Waals surface area contributed by atoms with E-state index in [1.165, 1.54) is 11.0 Å². The summed E-state index contributed by atoms with van der Waals surface area (Å²) in [5, 5.41) is 0.519. The molecule has 5 N–H and O–H groups in total. The normalized spacial score (nSPS) is 16.0. The molecule has 11 heteroatoms. The van der Waals surface area contributed by atoms with E-state index in [1.54, 1.807) is 24.3 Å². The van der Waals surface area contributed by atoms with Gasteiger partial charge in [0.1, 0.15) is 5.82 Å². The van der Waals surface area contributed by atoms with Crippen LogP contribution in [0.2, 0.25) is 5.02 Å². The number of nitrogens with one attached hydrogen (secondary N) is 1. The van der Waals surface area contributed by atoms with Gasteiger partial charge in [-0.2, -0.15) is 0 Å². The Hall–Kier alpha value is -2.82. The van der Waals surface area contributed by atoms with Gasteiger partial charge in [-0.1, -0.05) is 23.7 Å². The standard InChI is InChI=1S/C18H16ClFN4O4S/c19-10-3-1-9(2-4-10)7-24-13-5-11(16(25)23-22)12(20)6-15(13)29-8-14(17(24)26)28-18(21)27/h1-6,14H,7-8,22H2,(H2,21,27)(H,23,25)/t14-/m0/s1. The lowest BCUT2D eigenvalue weighted by Crippen LogP contribution is -2.42. The molecule has 0 aromatic heterocycles. The molecule has 3 rings (SSSR count). The first-order valence-corrected chi connectivity index (χ1v) is 9.65. The Morgan fingerprint density at radius 2 is 2.00 bits per heavy atom. The molecule has 152 valence electrons. The van der Waals surface area contributed by atoms with Crippen LogP contribution in [-0.2, 0) is 16.1 Å². The van der Waals surface area contributed by atoms with Crippen molar-refractivity contribution in [2.45, 2.75) is 17.5 Å². The molecule has 1 aliphatic heterocycles. The molecule has 2 aromatic rings. The van der Waals surface area contributed by atoms with Crippen LogP contribution in [0.1, 0.15) is 15.9 Å². The average Bonchev–Trinajstić information content (AvgIpc) is 2.80.